The van der Waals surface area contributed by atoms with Gasteiger partial charge in [0.15, 0.2) is 5.78 Å². The van der Waals surface area contributed by atoms with Crippen LogP contribution in [-0.2, 0) is 18.3 Å². The van der Waals surface area contributed by atoms with Gasteiger partial charge in [0, 0.05) is 36.1 Å². The van der Waals surface area contributed by atoms with Gasteiger partial charge in [-0.2, -0.15) is 5.10 Å². The summed E-state index contributed by atoms with van der Waals surface area (Å²) in [5, 5.41) is 5.18. The molecule has 3 aromatic rings. The minimum absolute atomic E-state index is 0.224. The first-order valence-corrected chi connectivity index (χ1v) is 9.16. The van der Waals surface area contributed by atoms with E-state index in [-0.39, 0.29) is 5.78 Å². The molecule has 6 nitrogen and oxygen atoms in total. The standard InChI is InChI=1S/C20H23N5O/c1-24-13-16(12-22-24)19-6-5-15-11-21-17(10-20(15)23-19)9-18(26)14-25-7-3-2-4-8-25/h5-6,10-13H,2-4,7-9,14H2,1H3. The summed E-state index contributed by atoms with van der Waals surface area (Å²) < 4.78 is 1.76. The summed E-state index contributed by atoms with van der Waals surface area (Å²) in [7, 11) is 1.89. The van der Waals surface area contributed by atoms with Crippen molar-refractivity contribution in [1.82, 2.24) is 24.6 Å². The molecule has 134 valence electrons. The summed E-state index contributed by atoms with van der Waals surface area (Å²) in [5.41, 5.74) is 3.51. The third-order valence-corrected chi connectivity index (χ3v) is 4.86. The molecule has 0 bridgehead atoms. The van der Waals surface area contributed by atoms with Crippen LogP contribution in [0.25, 0.3) is 22.2 Å². The molecule has 0 amide bonds. The lowest BCUT2D eigenvalue weighted by Crippen LogP contribution is -2.35. The number of piperidine rings is 1. The minimum atomic E-state index is 0.224. The Bertz CT molecular complexity index is 927. The van der Waals surface area contributed by atoms with Crippen LogP contribution < -0.4 is 0 Å². The molecule has 1 saturated heterocycles. The van der Waals surface area contributed by atoms with Crippen LogP contribution in [0.2, 0.25) is 0 Å². The maximum atomic E-state index is 12.4. The quantitative estimate of drug-likeness (QED) is 0.708. The molecule has 1 aliphatic heterocycles. The predicted octanol–water partition coefficient (Wildman–Crippen LogP) is 2.63. The van der Waals surface area contributed by atoms with Crippen molar-refractivity contribution in [3.8, 4) is 11.3 Å². The highest BCUT2D eigenvalue weighted by molar-refractivity contribution is 5.85. The van der Waals surface area contributed by atoms with E-state index >= 15 is 0 Å². The molecule has 0 radical (unpaired) electrons. The van der Waals surface area contributed by atoms with E-state index in [0.717, 1.165) is 40.9 Å². The third kappa shape index (κ3) is 3.80. The van der Waals surface area contributed by atoms with Gasteiger partial charge in [0.05, 0.1) is 30.4 Å². The van der Waals surface area contributed by atoms with Crippen LogP contribution in [0, 0.1) is 0 Å². The first kappa shape index (κ1) is 16.8. The first-order chi connectivity index (χ1) is 12.7. The summed E-state index contributed by atoms with van der Waals surface area (Å²) in [5.74, 6) is 0.224. The number of carbonyl (C=O) groups is 1. The maximum absolute atomic E-state index is 12.4. The van der Waals surface area contributed by atoms with E-state index in [4.69, 9.17) is 4.98 Å². The number of hydrogen-bond donors (Lipinski definition) is 0. The highest BCUT2D eigenvalue weighted by atomic mass is 16.1. The van der Waals surface area contributed by atoms with Crippen molar-refractivity contribution >= 4 is 16.7 Å². The van der Waals surface area contributed by atoms with Crippen LogP contribution in [0.1, 0.15) is 25.0 Å². The van der Waals surface area contributed by atoms with Crippen molar-refractivity contribution in [2.45, 2.75) is 25.7 Å². The smallest absolute Gasteiger partial charge is 0.152 e. The lowest BCUT2D eigenvalue weighted by molar-refractivity contribution is -0.119. The fraction of sp³-hybridized carbons (Fsp3) is 0.400. The molecule has 0 aliphatic carbocycles. The van der Waals surface area contributed by atoms with Gasteiger partial charge in [-0.05, 0) is 44.1 Å². The van der Waals surface area contributed by atoms with E-state index in [1.807, 2.05) is 31.4 Å². The maximum Gasteiger partial charge on any atom is 0.152 e. The fourth-order valence-electron chi connectivity index (χ4n) is 3.49. The molecule has 0 saturated carbocycles. The molecule has 1 aliphatic rings. The SMILES string of the molecule is Cn1cc(-c2ccc3cnc(CC(=O)CN4CCCCC4)cc3n2)cn1. The highest BCUT2D eigenvalue weighted by Gasteiger charge is 2.15. The minimum Gasteiger partial charge on any atom is -0.298 e. The van der Waals surface area contributed by atoms with Crippen LogP contribution >= 0.6 is 0 Å². The van der Waals surface area contributed by atoms with Crippen molar-refractivity contribution in [2.24, 2.45) is 7.05 Å². The average Bonchev–Trinajstić information content (AvgIpc) is 3.08. The van der Waals surface area contributed by atoms with E-state index in [9.17, 15) is 4.79 Å². The van der Waals surface area contributed by atoms with Crippen molar-refractivity contribution in [3.63, 3.8) is 0 Å². The molecule has 3 aromatic heterocycles. The topological polar surface area (TPSA) is 63.9 Å². The fourth-order valence-corrected chi connectivity index (χ4v) is 3.49. The molecular formula is C20H23N5O. The zero-order valence-corrected chi connectivity index (χ0v) is 15.1. The second-order valence-corrected chi connectivity index (χ2v) is 7.02. The second-order valence-electron chi connectivity index (χ2n) is 7.02. The molecule has 26 heavy (non-hydrogen) atoms. The van der Waals surface area contributed by atoms with Crippen molar-refractivity contribution in [2.75, 3.05) is 19.6 Å². The normalized spacial score (nSPS) is 15.4. The van der Waals surface area contributed by atoms with Crippen LogP contribution in [0.15, 0.2) is 36.8 Å². The number of hydrogen-bond acceptors (Lipinski definition) is 5. The summed E-state index contributed by atoms with van der Waals surface area (Å²) >= 11 is 0. The van der Waals surface area contributed by atoms with Crippen molar-refractivity contribution < 1.29 is 4.79 Å². The van der Waals surface area contributed by atoms with E-state index < -0.39 is 0 Å². The third-order valence-electron chi connectivity index (χ3n) is 4.86. The van der Waals surface area contributed by atoms with Gasteiger partial charge in [-0.3, -0.25) is 19.4 Å². The Morgan fingerprint density at radius 3 is 2.77 bits per heavy atom. The zero-order valence-electron chi connectivity index (χ0n) is 15.1. The van der Waals surface area contributed by atoms with Gasteiger partial charge in [-0.25, -0.2) is 4.98 Å². The lowest BCUT2D eigenvalue weighted by Gasteiger charge is -2.25. The summed E-state index contributed by atoms with van der Waals surface area (Å²) in [6.07, 6.45) is 9.59. The molecule has 6 heteroatoms. The summed E-state index contributed by atoms with van der Waals surface area (Å²) in [6.45, 7) is 2.60. The number of carbonyl (C=O) groups excluding carboxylic acids is 1. The lowest BCUT2D eigenvalue weighted by atomic mass is 10.1. The Balaban J connectivity index is 1.51. The highest BCUT2D eigenvalue weighted by Crippen LogP contribution is 2.20. The summed E-state index contributed by atoms with van der Waals surface area (Å²) in [4.78, 5) is 23.8. The molecule has 4 rings (SSSR count). The second kappa shape index (κ2) is 7.33. The van der Waals surface area contributed by atoms with Crippen molar-refractivity contribution in [3.05, 3.63) is 42.5 Å². The van der Waals surface area contributed by atoms with E-state index in [2.05, 4.69) is 15.0 Å². The Morgan fingerprint density at radius 2 is 2.00 bits per heavy atom. The Hall–Kier alpha value is -2.60. The molecular weight excluding hydrogens is 326 g/mol. The van der Waals surface area contributed by atoms with Gasteiger partial charge in [0.25, 0.3) is 0 Å². The molecule has 0 spiro atoms. The first-order valence-electron chi connectivity index (χ1n) is 9.16. The molecule has 4 heterocycles. The monoisotopic (exact) mass is 349 g/mol. The number of fused-ring (bicyclic) bond motifs is 1. The number of rotatable bonds is 5. The zero-order chi connectivity index (χ0) is 17.9. The van der Waals surface area contributed by atoms with Crippen LogP contribution in [0.5, 0.6) is 0 Å². The van der Waals surface area contributed by atoms with Crippen LogP contribution in [-0.4, -0.2) is 50.1 Å². The number of aromatic nitrogens is 4. The van der Waals surface area contributed by atoms with Gasteiger partial charge in [0.1, 0.15) is 0 Å². The van der Waals surface area contributed by atoms with Crippen LogP contribution in [0.4, 0.5) is 0 Å². The van der Waals surface area contributed by atoms with E-state index in [1.165, 1.54) is 19.3 Å². The van der Waals surface area contributed by atoms with E-state index in [0.29, 0.717) is 13.0 Å². The van der Waals surface area contributed by atoms with Crippen molar-refractivity contribution in [1.29, 1.82) is 0 Å². The molecule has 1 fully saturated rings. The number of nitrogens with zero attached hydrogens (tertiary/aromatic N) is 5. The Kier molecular flexibility index (Phi) is 4.75. The van der Waals surface area contributed by atoms with Gasteiger partial charge in [-0.15, -0.1) is 0 Å². The van der Waals surface area contributed by atoms with Gasteiger partial charge in [0.2, 0.25) is 0 Å². The predicted molar refractivity (Wildman–Crippen MR) is 101 cm³/mol. The van der Waals surface area contributed by atoms with Crippen LogP contribution in [0.3, 0.4) is 0 Å². The number of pyridine rings is 2. The average molecular weight is 349 g/mol. The molecule has 0 unspecified atom stereocenters. The largest absolute Gasteiger partial charge is 0.298 e. The number of aryl methyl sites for hydroxylation is 1. The van der Waals surface area contributed by atoms with Gasteiger partial charge >= 0.3 is 0 Å². The molecule has 0 aromatic carbocycles. The Labute approximate surface area is 152 Å². The summed E-state index contributed by atoms with van der Waals surface area (Å²) in [6, 6.07) is 5.92. The number of ketones is 1. The number of likely N-dealkylation sites (tertiary alicyclic amines) is 1. The van der Waals surface area contributed by atoms with E-state index in [1.54, 1.807) is 17.1 Å². The van der Waals surface area contributed by atoms with Gasteiger partial charge in [-0.1, -0.05) is 6.42 Å². The number of Topliss-reactive ketones (excluding diaryl/α,β-unsaturated/α-hetero) is 1. The van der Waals surface area contributed by atoms with Gasteiger partial charge < -0.3 is 0 Å². The Morgan fingerprint density at radius 1 is 1.15 bits per heavy atom. The molecule has 0 atom stereocenters. The molecule has 0 N–H and O–H groups in total.